The SMILES string of the molecule is N#Cc1ccc(C(F)(F)F)nc1N1CCN(C(=O)c2ccc([N+](=O)[O-])cc2)CC1. The van der Waals surface area contributed by atoms with Crippen molar-refractivity contribution in [2.24, 2.45) is 0 Å². The summed E-state index contributed by atoms with van der Waals surface area (Å²) in [5.74, 6) is -0.401. The maximum absolute atomic E-state index is 12.9. The number of pyridine rings is 1. The van der Waals surface area contributed by atoms with Crippen LogP contribution in [0, 0.1) is 21.4 Å². The van der Waals surface area contributed by atoms with Gasteiger partial charge in [-0.3, -0.25) is 14.9 Å². The van der Waals surface area contributed by atoms with Gasteiger partial charge in [0.25, 0.3) is 11.6 Å². The van der Waals surface area contributed by atoms with Crippen LogP contribution in [0.25, 0.3) is 0 Å². The Kier molecular flexibility index (Phi) is 5.36. The van der Waals surface area contributed by atoms with Gasteiger partial charge in [-0.05, 0) is 24.3 Å². The summed E-state index contributed by atoms with van der Waals surface area (Å²) in [6, 6.07) is 8.86. The molecule has 11 heteroatoms. The Balaban J connectivity index is 1.73. The molecule has 8 nitrogen and oxygen atoms in total. The van der Waals surface area contributed by atoms with Crippen LogP contribution in [0.1, 0.15) is 21.6 Å². The minimum absolute atomic E-state index is 0.0214. The van der Waals surface area contributed by atoms with E-state index in [1.54, 1.807) is 0 Å². The number of non-ortho nitro benzene ring substituents is 1. The molecule has 1 fully saturated rings. The van der Waals surface area contributed by atoms with Gasteiger partial charge in [0.05, 0.1) is 10.5 Å². The molecule has 1 aromatic heterocycles. The van der Waals surface area contributed by atoms with Crippen LogP contribution >= 0.6 is 0 Å². The van der Waals surface area contributed by atoms with Gasteiger partial charge in [0.1, 0.15) is 17.6 Å². The number of hydrogen-bond donors (Lipinski definition) is 0. The number of halogens is 3. The van der Waals surface area contributed by atoms with Crippen molar-refractivity contribution in [2.45, 2.75) is 6.18 Å². The van der Waals surface area contributed by atoms with E-state index in [0.717, 1.165) is 12.1 Å². The Bertz CT molecular complexity index is 978. The number of carbonyl (C=O) groups excluding carboxylic acids is 1. The number of piperazine rings is 1. The zero-order valence-electron chi connectivity index (χ0n) is 14.9. The van der Waals surface area contributed by atoms with E-state index in [0.29, 0.717) is 0 Å². The highest BCUT2D eigenvalue weighted by atomic mass is 19.4. The molecular formula is C18H14F3N5O3. The predicted octanol–water partition coefficient (Wildman–Crippen LogP) is 2.84. The molecule has 150 valence electrons. The first-order valence-corrected chi connectivity index (χ1v) is 8.47. The first-order valence-electron chi connectivity index (χ1n) is 8.47. The monoisotopic (exact) mass is 405 g/mol. The van der Waals surface area contributed by atoms with Crippen molar-refractivity contribution in [3.05, 3.63) is 63.3 Å². The first-order chi connectivity index (χ1) is 13.7. The maximum atomic E-state index is 12.9. The Morgan fingerprint density at radius 1 is 1.10 bits per heavy atom. The molecule has 1 amide bonds. The van der Waals surface area contributed by atoms with Gasteiger partial charge in [-0.25, -0.2) is 4.98 Å². The number of nitro groups is 1. The van der Waals surface area contributed by atoms with Gasteiger partial charge in [0.2, 0.25) is 0 Å². The molecule has 1 aliphatic heterocycles. The molecular weight excluding hydrogens is 391 g/mol. The summed E-state index contributed by atoms with van der Waals surface area (Å²) in [5, 5.41) is 19.9. The third-order valence-electron chi connectivity index (χ3n) is 4.48. The summed E-state index contributed by atoms with van der Waals surface area (Å²) in [4.78, 5) is 29.3. The molecule has 0 unspecified atom stereocenters. The number of nitrogens with zero attached hydrogens (tertiary/aromatic N) is 5. The first kappa shape index (κ1) is 20.1. The van der Waals surface area contributed by atoms with Crippen molar-refractivity contribution in [3.63, 3.8) is 0 Å². The quantitative estimate of drug-likeness (QED) is 0.575. The molecule has 3 rings (SSSR count). The highest BCUT2D eigenvalue weighted by Crippen LogP contribution is 2.30. The second-order valence-corrected chi connectivity index (χ2v) is 6.26. The molecule has 1 aliphatic rings. The average molecular weight is 405 g/mol. The van der Waals surface area contributed by atoms with Crippen LogP contribution in [0.3, 0.4) is 0 Å². The van der Waals surface area contributed by atoms with Crippen LogP contribution in [0.4, 0.5) is 24.7 Å². The van der Waals surface area contributed by atoms with Crippen molar-refractivity contribution < 1.29 is 22.9 Å². The van der Waals surface area contributed by atoms with E-state index in [9.17, 15) is 33.3 Å². The van der Waals surface area contributed by atoms with E-state index in [1.165, 1.54) is 34.1 Å². The fourth-order valence-corrected chi connectivity index (χ4v) is 2.96. The summed E-state index contributed by atoms with van der Waals surface area (Å²) in [6.45, 7) is 0.806. The van der Waals surface area contributed by atoms with Crippen LogP contribution in [0.5, 0.6) is 0 Å². The number of carbonyl (C=O) groups is 1. The summed E-state index contributed by atoms with van der Waals surface area (Å²) >= 11 is 0. The second kappa shape index (κ2) is 7.75. The van der Waals surface area contributed by atoms with E-state index in [1.807, 2.05) is 6.07 Å². The molecule has 0 aliphatic carbocycles. The number of nitriles is 1. The lowest BCUT2D eigenvalue weighted by molar-refractivity contribution is -0.384. The lowest BCUT2D eigenvalue weighted by Gasteiger charge is -2.36. The van der Waals surface area contributed by atoms with Crippen LogP contribution in [0.2, 0.25) is 0 Å². The van der Waals surface area contributed by atoms with Crippen molar-refractivity contribution in [3.8, 4) is 6.07 Å². The molecule has 0 bridgehead atoms. The normalized spacial score (nSPS) is 14.4. The molecule has 1 aromatic carbocycles. The van der Waals surface area contributed by atoms with Gasteiger partial charge < -0.3 is 9.80 Å². The van der Waals surface area contributed by atoms with Crippen molar-refractivity contribution >= 4 is 17.4 Å². The van der Waals surface area contributed by atoms with E-state index in [4.69, 9.17) is 0 Å². The Morgan fingerprint density at radius 2 is 1.72 bits per heavy atom. The zero-order chi connectivity index (χ0) is 21.2. The molecule has 0 N–H and O–H groups in total. The molecule has 1 saturated heterocycles. The van der Waals surface area contributed by atoms with Gasteiger partial charge in [0, 0.05) is 43.9 Å². The Labute approximate surface area is 162 Å². The average Bonchev–Trinajstić information content (AvgIpc) is 2.72. The van der Waals surface area contributed by atoms with Crippen molar-refractivity contribution in [1.82, 2.24) is 9.88 Å². The van der Waals surface area contributed by atoms with Crippen LogP contribution < -0.4 is 4.90 Å². The van der Waals surface area contributed by atoms with E-state index < -0.39 is 16.8 Å². The second-order valence-electron chi connectivity index (χ2n) is 6.26. The largest absolute Gasteiger partial charge is 0.433 e. The number of alkyl halides is 3. The fourth-order valence-electron chi connectivity index (χ4n) is 2.96. The number of nitro benzene ring substituents is 1. The smallest absolute Gasteiger partial charge is 0.352 e. The van der Waals surface area contributed by atoms with E-state index in [-0.39, 0.29) is 54.7 Å². The number of benzene rings is 1. The molecule has 0 radical (unpaired) electrons. The predicted molar refractivity (Wildman–Crippen MR) is 95.2 cm³/mol. The van der Waals surface area contributed by atoms with Crippen molar-refractivity contribution in [2.75, 3.05) is 31.1 Å². The van der Waals surface area contributed by atoms with Gasteiger partial charge in [-0.15, -0.1) is 0 Å². The molecule has 0 saturated carbocycles. The minimum Gasteiger partial charge on any atom is -0.352 e. The summed E-state index contributed by atoms with van der Waals surface area (Å²) < 4.78 is 38.8. The van der Waals surface area contributed by atoms with Crippen molar-refractivity contribution in [1.29, 1.82) is 5.26 Å². The summed E-state index contributed by atoms with van der Waals surface area (Å²) in [7, 11) is 0. The van der Waals surface area contributed by atoms with Crippen LogP contribution in [0.15, 0.2) is 36.4 Å². The molecule has 0 spiro atoms. The lowest BCUT2D eigenvalue weighted by atomic mass is 10.1. The molecule has 29 heavy (non-hydrogen) atoms. The third-order valence-corrected chi connectivity index (χ3v) is 4.48. The summed E-state index contributed by atoms with van der Waals surface area (Å²) in [6.07, 6.45) is -4.63. The molecule has 0 atom stereocenters. The maximum Gasteiger partial charge on any atom is 0.433 e. The zero-order valence-corrected chi connectivity index (χ0v) is 14.9. The number of anilines is 1. The van der Waals surface area contributed by atoms with Crippen LogP contribution in [-0.4, -0.2) is 46.9 Å². The van der Waals surface area contributed by atoms with Gasteiger partial charge in [-0.1, -0.05) is 0 Å². The minimum atomic E-state index is -4.63. The molecule has 2 heterocycles. The van der Waals surface area contributed by atoms with Crippen LogP contribution in [-0.2, 0) is 6.18 Å². The van der Waals surface area contributed by atoms with Gasteiger partial charge in [0.15, 0.2) is 0 Å². The molecule has 2 aromatic rings. The lowest BCUT2D eigenvalue weighted by Crippen LogP contribution is -2.49. The highest BCUT2D eigenvalue weighted by Gasteiger charge is 2.34. The highest BCUT2D eigenvalue weighted by molar-refractivity contribution is 5.94. The van der Waals surface area contributed by atoms with E-state index >= 15 is 0 Å². The fraction of sp³-hybridized carbons (Fsp3) is 0.278. The third kappa shape index (κ3) is 4.26. The van der Waals surface area contributed by atoms with Gasteiger partial charge in [-0.2, -0.15) is 18.4 Å². The number of amides is 1. The number of aromatic nitrogens is 1. The number of rotatable bonds is 3. The standard InChI is InChI=1S/C18H14F3N5O3/c19-18(20,21)15-6-3-13(11-22)16(23-15)24-7-9-25(10-8-24)17(27)12-1-4-14(5-2-12)26(28)29/h1-6H,7-10H2. The van der Waals surface area contributed by atoms with E-state index in [2.05, 4.69) is 4.98 Å². The number of hydrogen-bond acceptors (Lipinski definition) is 6. The Morgan fingerprint density at radius 3 is 2.24 bits per heavy atom. The topological polar surface area (TPSA) is 103 Å². The summed E-state index contributed by atoms with van der Waals surface area (Å²) in [5.41, 5.74) is -0.922. The Hall–Kier alpha value is -3.68. The van der Waals surface area contributed by atoms with Gasteiger partial charge >= 0.3 is 6.18 Å².